The summed E-state index contributed by atoms with van der Waals surface area (Å²) in [6.45, 7) is 17.8. The molecule has 0 saturated heterocycles. The quantitative estimate of drug-likeness (QED) is 0.429. The minimum absolute atomic E-state index is 0.0232. The largest absolute Gasteiger partial charge is 0.396 e. The summed E-state index contributed by atoms with van der Waals surface area (Å²) in [5, 5.41) is 21.6. The van der Waals surface area contributed by atoms with E-state index in [4.69, 9.17) is 0 Å². The monoisotopic (exact) mass is 442 g/mol. The van der Waals surface area contributed by atoms with Gasteiger partial charge in [-0.1, -0.05) is 60.1 Å². The molecule has 0 bridgehead atoms. The molecule has 0 amide bonds. The van der Waals surface area contributed by atoms with Crippen LogP contribution in [0.5, 0.6) is 0 Å². The number of allylic oxidation sites excluding steroid dienone is 2. The van der Waals surface area contributed by atoms with Gasteiger partial charge in [0.1, 0.15) is 0 Å². The van der Waals surface area contributed by atoms with Crippen molar-refractivity contribution in [3.63, 3.8) is 0 Å². The van der Waals surface area contributed by atoms with Gasteiger partial charge in [0.25, 0.3) is 0 Å². The van der Waals surface area contributed by atoms with Gasteiger partial charge in [0.2, 0.25) is 0 Å². The Hall–Kier alpha value is -0.340. The summed E-state index contributed by atoms with van der Waals surface area (Å²) in [6, 6.07) is 0. The van der Waals surface area contributed by atoms with Gasteiger partial charge in [0, 0.05) is 12.0 Å². The van der Waals surface area contributed by atoms with Crippen LogP contribution in [0.15, 0.2) is 11.6 Å². The predicted octanol–water partition coefficient (Wildman–Crippen LogP) is 7.00. The molecule has 5 aliphatic carbocycles. The highest BCUT2D eigenvalue weighted by molar-refractivity contribution is 5.35. The van der Waals surface area contributed by atoms with Gasteiger partial charge in [0.05, 0.1) is 6.10 Å². The Kier molecular flexibility index (Phi) is 5.19. The molecular formula is C30H50O2. The molecule has 182 valence electrons. The normalized spacial score (nSPS) is 56.8. The summed E-state index contributed by atoms with van der Waals surface area (Å²) in [7, 11) is 0. The molecule has 0 spiro atoms. The zero-order valence-electron chi connectivity index (χ0n) is 22.0. The van der Waals surface area contributed by atoms with Crippen molar-refractivity contribution < 1.29 is 10.2 Å². The first-order valence-electron chi connectivity index (χ1n) is 13.9. The second kappa shape index (κ2) is 7.09. The molecule has 5 rings (SSSR count). The lowest BCUT2D eigenvalue weighted by Gasteiger charge is -2.70. The van der Waals surface area contributed by atoms with E-state index in [0.717, 1.165) is 24.7 Å². The van der Waals surface area contributed by atoms with Crippen molar-refractivity contribution in [3.05, 3.63) is 11.6 Å². The van der Waals surface area contributed by atoms with Crippen LogP contribution >= 0.6 is 0 Å². The molecule has 0 aromatic carbocycles. The average Bonchev–Trinajstić information content (AvgIpc) is 2.73. The molecular weight excluding hydrogens is 392 g/mol. The van der Waals surface area contributed by atoms with Gasteiger partial charge >= 0.3 is 0 Å². The average molecular weight is 443 g/mol. The molecule has 2 N–H and O–H groups in total. The second-order valence-corrected chi connectivity index (χ2v) is 14.6. The van der Waals surface area contributed by atoms with Gasteiger partial charge in [-0.2, -0.15) is 0 Å². The van der Waals surface area contributed by atoms with Crippen molar-refractivity contribution in [2.24, 2.45) is 56.7 Å². The minimum atomic E-state index is -0.151. The number of aliphatic hydroxyl groups excluding tert-OH is 2. The van der Waals surface area contributed by atoms with E-state index in [1.54, 1.807) is 5.57 Å². The highest BCUT2D eigenvalue weighted by atomic mass is 16.3. The van der Waals surface area contributed by atoms with Crippen LogP contribution in [-0.2, 0) is 0 Å². The first-order chi connectivity index (χ1) is 14.9. The third-order valence-corrected chi connectivity index (χ3v) is 13.1. The lowest BCUT2D eigenvalue weighted by molar-refractivity contribution is -0.188. The van der Waals surface area contributed by atoms with E-state index < -0.39 is 0 Å². The summed E-state index contributed by atoms with van der Waals surface area (Å²) in [5.74, 6) is 3.39. The smallest absolute Gasteiger partial charge is 0.0594 e. The van der Waals surface area contributed by atoms with E-state index >= 15 is 0 Å². The molecule has 2 nitrogen and oxygen atoms in total. The van der Waals surface area contributed by atoms with Gasteiger partial charge in [0.15, 0.2) is 0 Å². The van der Waals surface area contributed by atoms with Gasteiger partial charge in [-0.25, -0.2) is 0 Å². The Morgan fingerprint density at radius 1 is 0.844 bits per heavy atom. The fourth-order valence-corrected chi connectivity index (χ4v) is 11.4. The summed E-state index contributed by atoms with van der Waals surface area (Å²) in [5.41, 5.74) is 2.74. The lowest BCUT2D eigenvalue weighted by atomic mass is 9.34. The van der Waals surface area contributed by atoms with Crippen LogP contribution in [-0.4, -0.2) is 22.9 Å². The molecule has 4 fully saturated rings. The first-order valence-corrected chi connectivity index (χ1v) is 13.9. The SMILES string of the molecule is CC1CCC2(CO)CC=C3C(C)(CCC4C3(C)CCC3C(C)(C)C(O)CCC43C)C2C1C. The highest BCUT2D eigenvalue weighted by Crippen LogP contribution is 2.74. The van der Waals surface area contributed by atoms with Crippen molar-refractivity contribution in [2.45, 2.75) is 112 Å². The van der Waals surface area contributed by atoms with Crippen molar-refractivity contribution in [2.75, 3.05) is 6.61 Å². The molecule has 0 aromatic heterocycles. The van der Waals surface area contributed by atoms with E-state index in [1.807, 2.05) is 0 Å². The Morgan fingerprint density at radius 2 is 1.50 bits per heavy atom. The van der Waals surface area contributed by atoms with Crippen LogP contribution < -0.4 is 0 Å². The fraction of sp³-hybridized carbons (Fsp3) is 0.933. The minimum Gasteiger partial charge on any atom is -0.396 e. The van der Waals surface area contributed by atoms with Crippen LogP contribution in [0, 0.1) is 56.7 Å². The van der Waals surface area contributed by atoms with Crippen LogP contribution in [0.25, 0.3) is 0 Å². The number of fused-ring (bicyclic) bond motifs is 7. The fourth-order valence-electron chi connectivity index (χ4n) is 11.4. The van der Waals surface area contributed by atoms with E-state index in [1.165, 1.54) is 44.9 Å². The molecule has 2 heteroatoms. The van der Waals surface area contributed by atoms with Gasteiger partial charge in [-0.3, -0.25) is 0 Å². The predicted molar refractivity (Wildman–Crippen MR) is 132 cm³/mol. The van der Waals surface area contributed by atoms with Crippen molar-refractivity contribution in [1.29, 1.82) is 0 Å². The zero-order valence-corrected chi connectivity index (χ0v) is 22.0. The van der Waals surface area contributed by atoms with Gasteiger partial charge in [-0.05, 0) is 109 Å². The molecule has 0 aliphatic heterocycles. The number of hydrogen-bond acceptors (Lipinski definition) is 2. The standard InChI is InChI=1S/C30H50O2/c1-19-8-16-30(18-31)17-11-23-28(6)13-9-21-26(3,4)24(32)12-15-27(21,5)22(28)10-14-29(23,7)25(30)20(19)2/h11,19-22,24-25,31-32H,8-10,12-18H2,1-7H3. The van der Waals surface area contributed by atoms with Crippen molar-refractivity contribution >= 4 is 0 Å². The summed E-state index contributed by atoms with van der Waals surface area (Å²) >= 11 is 0. The highest BCUT2D eigenvalue weighted by Gasteiger charge is 2.67. The van der Waals surface area contributed by atoms with Crippen LogP contribution in [0.1, 0.15) is 106 Å². The number of aliphatic hydroxyl groups is 2. The molecule has 0 heterocycles. The maximum absolute atomic E-state index is 10.9. The van der Waals surface area contributed by atoms with Crippen molar-refractivity contribution in [3.8, 4) is 0 Å². The van der Waals surface area contributed by atoms with E-state index in [0.29, 0.717) is 29.8 Å². The summed E-state index contributed by atoms with van der Waals surface area (Å²) in [4.78, 5) is 0. The summed E-state index contributed by atoms with van der Waals surface area (Å²) in [6.07, 6.45) is 13.4. The molecule has 32 heavy (non-hydrogen) atoms. The molecule has 10 atom stereocenters. The Labute approximate surface area is 197 Å². The first kappa shape index (κ1) is 23.4. The van der Waals surface area contributed by atoms with E-state index in [2.05, 4.69) is 54.5 Å². The van der Waals surface area contributed by atoms with Crippen LogP contribution in [0.2, 0.25) is 0 Å². The summed E-state index contributed by atoms with van der Waals surface area (Å²) < 4.78 is 0. The van der Waals surface area contributed by atoms with Crippen LogP contribution in [0.3, 0.4) is 0 Å². The van der Waals surface area contributed by atoms with E-state index in [-0.39, 0.29) is 27.8 Å². The second-order valence-electron chi connectivity index (χ2n) is 14.6. The zero-order chi connectivity index (χ0) is 23.3. The van der Waals surface area contributed by atoms with E-state index in [9.17, 15) is 10.2 Å². The molecule has 10 unspecified atom stereocenters. The van der Waals surface area contributed by atoms with Gasteiger partial charge in [-0.15, -0.1) is 0 Å². The lowest BCUT2D eigenvalue weighted by Crippen LogP contribution is -2.64. The van der Waals surface area contributed by atoms with Crippen molar-refractivity contribution in [1.82, 2.24) is 0 Å². The molecule has 0 radical (unpaired) electrons. The van der Waals surface area contributed by atoms with Crippen LogP contribution in [0.4, 0.5) is 0 Å². The topological polar surface area (TPSA) is 40.5 Å². The molecule has 4 saturated carbocycles. The Morgan fingerprint density at radius 3 is 2.19 bits per heavy atom. The Bertz CT molecular complexity index is 799. The maximum atomic E-state index is 10.9. The Balaban J connectivity index is 1.58. The molecule has 5 aliphatic rings. The number of hydrogen-bond donors (Lipinski definition) is 2. The third-order valence-electron chi connectivity index (χ3n) is 13.1. The van der Waals surface area contributed by atoms with Gasteiger partial charge < -0.3 is 10.2 Å². The number of rotatable bonds is 1. The molecule has 0 aromatic rings. The maximum Gasteiger partial charge on any atom is 0.0594 e. The third kappa shape index (κ3) is 2.72.